The number of benzene rings is 1. The predicted molar refractivity (Wildman–Crippen MR) is 84.6 cm³/mol. The molecule has 0 spiro atoms. The lowest BCUT2D eigenvalue weighted by atomic mass is 9.88. The number of para-hydroxylation sites is 1. The van der Waals surface area contributed by atoms with E-state index in [0.29, 0.717) is 0 Å². The van der Waals surface area contributed by atoms with E-state index in [9.17, 15) is 0 Å². The molecule has 0 amide bonds. The van der Waals surface area contributed by atoms with Gasteiger partial charge in [0.2, 0.25) is 0 Å². The van der Waals surface area contributed by atoms with Crippen LogP contribution in [0.5, 0.6) is 0 Å². The van der Waals surface area contributed by atoms with Crippen LogP contribution in [0.1, 0.15) is 12.8 Å². The van der Waals surface area contributed by atoms with E-state index in [2.05, 4.69) is 47.5 Å². The molecule has 0 unspecified atom stereocenters. The molecule has 3 rings (SSSR count). The molecule has 1 fully saturated rings. The summed E-state index contributed by atoms with van der Waals surface area (Å²) >= 11 is 1.72. The van der Waals surface area contributed by atoms with Gasteiger partial charge in [0, 0.05) is 25.3 Å². The fraction of sp³-hybridized carbons (Fsp3) is 0.533. The van der Waals surface area contributed by atoms with Gasteiger partial charge in [-0.25, -0.2) is 4.98 Å². The Hall–Kier alpha value is -1.17. The van der Waals surface area contributed by atoms with Gasteiger partial charge >= 0.3 is 0 Å². The maximum atomic E-state index is 5.51. The van der Waals surface area contributed by atoms with Crippen molar-refractivity contribution < 1.29 is 4.74 Å². The number of fused-ring (bicyclic) bond motifs is 1. The summed E-state index contributed by atoms with van der Waals surface area (Å²) in [7, 11) is 4.32. The number of hydrogen-bond acceptors (Lipinski definition) is 5. The average molecular weight is 291 g/mol. The van der Waals surface area contributed by atoms with Crippen molar-refractivity contribution in [1.82, 2.24) is 9.88 Å². The lowest BCUT2D eigenvalue weighted by molar-refractivity contribution is -0.000628. The molecule has 0 radical (unpaired) electrons. The summed E-state index contributed by atoms with van der Waals surface area (Å²) < 4.78 is 6.74. The number of aromatic nitrogens is 1. The summed E-state index contributed by atoms with van der Waals surface area (Å²) in [6.07, 6.45) is 2.13. The highest BCUT2D eigenvalue weighted by Gasteiger charge is 2.34. The first-order valence-corrected chi connectivity index (χ1v) is 7.86. The summed E-state index contributed by atoms with van der Waals surface area (Å²) in [5.41, 5.74) is 1.25. The second kappa shape index (κ2) is 5.68. The minimum Gasteiger partial charge on any atom is -0.381 e. The van der Waals surface area contributed by atoms with Gasteiger partial charge in [-0.3, -0.25) is 0 Å². The molecule has 1 aliphatic heterocycles. The highest BCUT2D eigenvalue weighted by atomic mass is 32.1. The van der Waals surface area contributed by atoms with Crippen LogP contribution in [0.2, 0.25) is 0 Å². The Bertz CT molecular complexity index is 542. The number of ether oxygens (including phenoxy) is 1. The van der Waals surface area contributed by atoms with Gasteiger partial charge in [0.25, 0.3) is 0 Å². The van der Waals surface area contributed by atoms with Crippen molar-refractivity contribution in [3.63, 3.8) is 0 Å². The number of rotatable bonds is 4. The van der Waals surface area contributed by atoms with Crippen molar-refractivity contribution in [3.8, 4) is 0 Å². The Labute approximate surface area is 123 Å². The molecule has 0 saturated carbocycles. The third-order valence-electron chi connectivity index (χ3n) is 4.23. The fourth-order valence-electron chi connectivity index (χ4n) is 2.72. The number of hydrogen-bond donors (Lipinski definition) is 1. The van der Waals surface area contributed by atoms with Gasteiger partial charge in [0.1, 0.15) is 0 Å². The third-order valence-corrected chi connectivity index (χ3v) is 5.23. The van der Waals surface area contributed by atoms with Gasteiger partial charge in [-0.15, -0.1) is 0 Å². The van der Waals surface area contributed by atoms with Gasteiger partial charge < -0.3 is 15.0 Å². The molecule has 1 aliphatic rings. The van der Waals surface area contributed by atoms with Crippen LogP contribution in [0.25, 0.3) is 10.2 Å². The first kappa shape index (κ1) is 13.8. The Balaban J connectivity index is 1.73. The van der Waals surface area contributed by atoms with Gasteiger partial charge in [0.15, 0.2) is 5.13 Å². The molecule has 1 saturated heterocycles. The summed E-state index contributed by atoms with van der Waals surface area (Å²) in [6.45, 7) is 2.61. The maximum Gasteiger partial charge on any atom is 0.183 e. The minimum absolute atomic E-state index is 0.177. The van der Waals surface area contributed by atoms with Gasteiger partial charge in [-0.2, -0.15) is 0 Å². The second-order valence-electron chi connectivity index (χ2n) is 5.57. The van der Waals surface area contributed by atoms with Gasteiger partial charge in [0.05, 0.1) is 10.2 Å². The number of nitrogens with one attached hydrogen (secondary N) is 1. The molecule has 2 aromatic rings. The highest BCUT2D eigenvalue weighted by molar-refractivity contribution is 7.22. The van der Waals surface area contributed by atoms with Crippen molar-refractivity contribution in [3.05, 3.63) is 24.3 Å². The zero-order valence-corrected chi connectivity index (χ0v) is 12.9. The Morgan fingerprint density at radius 2 is 2.05 bits per heavy atom. The Morgan fingerprint density at radius 1 is 1.30 bits per heavy atom. The van der Waals surface area contributed by atoms with E-state index >= 15 is 0 Å². The van der Waals surface area contributed by atoms with E-state index in [1.165, 1.54) is 4.70 Å². The first-order chi connectivity index (χ1) is 9.70. The van der Waals surface area contributed by atoms with Crippen LogP contribution in [0, 0.1) is 0 Å². The molecule has 108 valence electrons. The van der Waals surface area contributed by atoms with E-state index in [-0.39, 0.29) is 5.54 Å². The molecule has 1 aromatic heterocycles. The zero-order valence-electron chi connectivity index (χ0n) is 12.1. The van der Waals surface area contributed by atoms with E-state index in [0.717, 1.165) is 43.2 Å². The van der Waals surface area contributed by atoms with Gasteiger partial charge in [-0.1, -0.05) is 23.5 Å². The zero-order chi connectivity index (χ0) is 14.0. The quantitative estimate of drug-likeness (QED) is 0.940. The molecule has 0 atom stereocenters. The SMILES string of the molecule is CN(C)C1(CNc2nc3ccccc3s2)CCOCC1. The molecular weight excluding hydrogens is 270 g/mol. The molecule has 1 N–H and O–H groups in total. The summed E-state index contributed by atoms with van der Waals surface area (Å²) in [4.78, 5) is 6.97. The highest BCUT2D eigenvalue weighted by Crippen LogP contribution is 2.29. The normalized spacial score (nSPS) is 18.6. The molecule has 0 bridgehead atoms. The molecule has 20 heavy (non-hydrogen) atoms. The summed E-state index contributed by atoms with van der Waals surface area (Å²) in [6, 6.07) is 8.28. The van der Waals surface area contributed by atoms with Crippen molar-refractivity contribution in [2.24, 2.45) is 0 Å². The summed E-state index contributed by atoms with van der Waals surface area (Å²) in [5.74, 6) is 0. The molecule has 2 heterocycles. The van der Waals surface area contributed by atoms with Crippen molar-refractivity contribution in [1.29, 1.82) is 0 Å². The molecule has 5 heteroatoms. The monoisotopic (exact) mass is 291 g/mol. The predicted octanol–water partition coefficient (Wildman–Crippen LogP) is 2.82. The number of thiazole rings is 1. The fourth-order valence-corrected chi connectivity index (χ4v) is 3.58. The number of nitrogens with zero attached hydrogens (tertiary/aromatic N) is 2. The molecule has 0 aliphatic carbocycles. The van der Waals surface area contributed by atoms with Crippen LogP contribution < -0.4 is 5.32 Å². The molecular formula is C15H21N3OS. The third kappa shape index (κ3) is 2.66. The lowest BCUT2D eigenvalue weighted by Crippen LogP contribution is -2.53. The van der Waals surface area contributed by atoms with E-state index < -0.39 is 0 Å². The Kier molecular flexibility index (Phi) is 3.92. The van der Waals surface area contributed by atoms with Crippen LogP contribution in [0.15, 0.2) is 24.3 Å². The standard InChI is InChI=1S/C15H21N3OS/c1-18(2)15(7-9-19-10-8-15)11-16-14-17-12-5-3-4-6-13(12)20-14/h3-6H,7-11H2,1-2H3,(H,16,17). The first-order valence-electron chi connectivity index (χ1n) is 7.04. The molecule has 4 nitrogen and oxygen atoms in total. The maximum absolute atomic E-state index is 5.51. The summed E-state index contributed by atoms with van der Waals surface area (Å²) in [5, 5.41) is 4.55. The lowest BCUT2D eigenvalue weighted by Gasteiger charge is -2.42. The van der Waals surface area contributed by atoms with Crippen LogP contribution in [-0.4, -0.2) is 49.3 Å². The van der Waals surface area contributed by atoms with E-state index in [1.807, 2.05) is 6.07 Å². The smallest absolute Gasteiger partial charge is 0.183 e. The van der Waals surface area contributed by atoms with Crippen LogP contribution in [0.3, 0.4) is 0 Å². The van der Waals surface area contributed by atoms with Crippen molar-refractivity contribution >= 4 is 26.7 Å². The van der Waals surface area contributed by atoms with Crippen molar-refractivity contribution in [2.45, 2.75) is 18.4 Å². The van der Waals surface area contributed by atoms with Crippen molar-refractivity contribution in [2.75, 3.05) is 39.2 Å². The molecule has 1 aromatic carbocycles. The van der Waals surface area contributed by atoms with E-state index in [4.69, 9.17) is 4.74 Å². The van der Waals surface area contributed by atoms with Crippen LogP contribution in [-0.2, 0) is 4.74 Å². The average Bonchev–Trinajstić information content (AvgIpc) is 2.89. The second-order valence-corrected chi connectivity index (χ2v) is 6.60. The van der Waals surface area contributed by atoms with E-state index in [1.54, 1.807) is 11.3 Å². The Morgan fingerprint density at radius 3 is 2.75 bits per heavy atom. The number of likely N-dealkylation sites (N-methyl/N-ethyl adjacent to an activating group) is 1. The van der Waals surface area contributed by atoms with Crippen LogP contribution in [0.4, 0.5) is 5.13 Å². The van der Waals surface area contributed by atoms with Crippen LogP contribution >= 0.6 is 11.3 Å². The topological polar surface area (TPSA) is 37.4 Å². The largest absolute Gasteiger partial charge is 0.381 e. The number of anilines is 1. The minimum atomic E-state index is 0.177. The van der Waals surface area contributed by atoms with Gasteiger partial charge in [-0.05, 0) is 39.1 Å².